The number of nitrogens with one attached hydrogen (secondary N) is 1. The molecule has 0 aliphatic rings. The molecular weight excluding hydrogens is 238 g/mol. The molecule has 2 rings (SSSR count). The Labute approximate surface area is 114 Å². The summed E-state index contributed by atoms with van der Waals surface area (Å²) in [7, 11) is 0. The zero-order valence-electron chi connectivity index (χ0n) is 11.6. The summed E-state index contributed by atoms with van der Waals surface area (Å²) >= 11 is 0. The molecule has 1 N–H and O–H groups in total. The highest BCUT2D eigenvalue weighted by atomic mass is 16.5. The Bertz CT molecular complexity index is 508. The molecule has 0 fully saturated rings. The van der Waals surface area contributed by atoms with Crippen LogP contribution in [-0.4, -0.2) is 16.2 Å². The van der Waals surface area contributed by atoms with Crippen LogP contribution in [0.3, 0.4) is 0 Å². The number of imidazole rings is 1. The van der Waals surface area contributed by atoms with Crippen molar-refractivity contribution in [3.63, 3.8) is 0 Å². The van der Waals surface area contributed by atoms with Gasteiger partial charge in [-0.3, -0.25) is 0 Å². The molecular formula is C15H21N3O. The Hall–Kier alpha value is -1.81. The van der Waals surface area contributed by atoms with Gasteiger partial charge in [0.05, 0.1) is 6.61 Å². The molecule has 19 heavy (non-hydrogen) atoms. The molecule has 0 bridgehead atoms. The quantitative estimate of drug-likeness (QED) is 0.830. The number of nitrogens with zero attached hydrogens (tertiary/aromatic N) is 2. The third kappa shape index (κ3) is 3.58. The highest BCUT2D eigenvalue weighted by Crippen LogP contribution is 2.13. The lowest BCUT2D eigenvalue weighted by Crippen LogP contribution is -2.08. The molecule has 0 spiro atoms. The summed E-state index contributed by atoms with van der Waals surface area (Å²) in [5, 5.41) is 3.37. The first-order valence-corrected chi connectivity index (χ1v) is 6.74. The summed E-state index contributed by atoms with van der Waals surface area (Å²) in [6.07, 6.45) is 3.80. The number of benzene rings is 1. The van der Waals surface area contributed by atoms with Crippen LogP contribution in [0.1, 0.15) is 25.0 Å². The monoisotopic (exact) mass is 259 g/mol. The maximum atomic E-state index is 5.49. The van der Waals surface area contributed by atoms with Gasteiger partial charge in [-0.1, -0.05) is 24.3 Å². The number of aromatic nitrogens is 2. The van der Waals surface area contributed by atoms with Crippen molar-refractivity contribution in [1.29, 1.82) is 0 Å². The lowest BCUT2D eigenvalue weighted by atomic mass is 10.1. The Balaban J connectivity index is 2.02. The molecule has 1 aromatic carbocycles. The highest BCUT2D eigenvalue weighted by Gasteiger charge is 2.04. The zero-order chi connectivity index (χ0) is 13.5. The summed E-state index contributed by atoms with van der Waals surface area (Å²) in [6.45, 7) is 7.20. The number of rotatable bonds is 7. The van der Waals surface area contributed by atoms with Gasteiger partial charge in [0.1, 0.15) is 0 Å². The minimum absolute atomic E-state index is 0.663. The van der Waals surface area contributed by atoms with E-state index in [0.29, 0.717) is 6.61 Å². The van der Waals surface area contributed by atoms with Crippen LogP contribution in [-0.2, 0) is 24.4 Å². The maximum absolute atomic E-state index is 5.49. The minimum atomic E-state index is 0.663. The smallest absolute Gasteiger partial charge is 0.203 e. The predicted molar refractivity (Wildman–Crippen MR) is 77.0 cm³/mol. The molecule has 0 saturated heterocycles. The molecule has 4 heteroatoms. The Kier molecular flexibility index (Phi) is 4.98. The van der Waals surface area contributed by atoms with E-state index in [1.165, 1.54) is 11.1 Å². The van der Waals surface area contributed by atoms with Crippen molar-refractivity contribution < 1.29 is 4.74 Å². The molecule has 102 valence electrons. The van der Waals surface area contributed by atoms with Gasteiger partial charge in [0.2, 0.25) is 5.95 Å². The number of aryl methyl sites for hydroxylation is 1. The van der Waals surface area contributed by atoms with Gasteiger partial charge in [-0.15, -0.1) is 0 Å². The fraction of sp³-hybridized carbons (Fsp3) is 0.400. The molecule has 0 aliphatic carbocycles. The van der Waals surface area contributed by atoms with Crippen molar-refractivity contribution in [1.82, 2.24) is 9.55 Å². The summed E-state index contributed by atoms with van der Waals surface area (Å²) in [4.78, 5) is 4.31. The van der Waals surface area contributed by atoms with E-state index in [4.69, 9.17) is 4.74 Å². The Morgan fingerprint density at radius 1 is 1.21 bits per heavy atom. The summed E-state index contributed by atoms with van der Waals surface area (Å²) < 4.78 is 7.58. The molecule has 0 radical (unpaired) electrons. The van der Waals surface area contributed by atoms with Crippen LogP contribution in [0, 0.1) is 0 Å². The first-order chi connectivity index (χ1) is 9.35. The number of ether oxygens (including phenoxy) is 1. The summed E-state index contributed by atoms with van der Waals surface area (Å²) in [6, 6.07) is 8.34. The van der Waals surface area contributed by atoms with Crippen molar-refractivity contribution in [2.75, 3.05) is 11.9 Å². The lowest BCUT2D eigenvalue weighted by Gasteiger charge is -2.12. The second-order valence-corrected chi connectivity index (χ2v) is 4.30. The van der Waals surface area contributed by atoms with Gasteiger partial charge in [-0.2, -0.15) is 0 Å². The normalized spacial score (nSPS) is 10.6. The van der Waals surface area contributed by atoms with Gasteiger partial charge in [-0.25, -0.2) is 4.98 Å². The first-order valence-electron chi connectivity index (χ1n) is 6.74. The van der Waals surface area contributed by atoms with Gasteiger partial charge < -0.3 is 14.6 Å². The number of anilines is 1. The van der Waals surface area contributed by atoms with E-state index >= 15 is 0 Å². The first kappa shape index (κ1) is 13.6. The van der Waals surface area contributed by atoms with Crippen LogP contribution >= 0.6 is 0 Å². The average molecular weight is 259 g/mol. The molecule has 1 heterocycles. The molecule has 1 aromatic heterocycles. The fourth-order valence-electron chi connectivity index (χ4n) is 1.99. The SMILES string of the molecule is CCOCc1ccccc1CNc1nccn1CC. The molecule has 0 saturated carbocycles. The molecule has 0 unspecified atom stereocenters. The van der Waals surface area contributed by atoms with Crippen molar-refractivity contribution in [2.24, 2.45) is 0 Å². The molecule has 0 atom stereocenters. The number of hydrogen-bond acceptors (Lipinski definition) is 3. The van der Waals surface area contributed by atoms with Crippen LogP contribution in [0.2, 0.25) is 0 Å². The van der Waals surface area contributed by atoms with E-state index in [2.05, 4.69) is 40.0 Å². The number of hydrogen-bond donors (Lipinski definition) is 1. The van der Waals surface area contributed by atoms with Gasteiger partial charge in [0.25, 0.3) is 0 Å². The van der Waals surface area contributed by atoms with E-state index in [9.17, 15) is 0 Å². The minimum Gasteiger partial charge on any atom is -0.377 e. The van der Waals surface area contributed by atoms with Crippen molar-refractivity contribution in [3.05, 3.63) is 47.8 Å². The van der Waals surface area contributed by atoms with Crippen LogP contribution in [0.4, 0.5) is 5.95 Å². The topological polar surface area (TPSA) is 39.1 Å². The van der Waals surface area contributed by atoms with Crippen LogP contribution in [0.25, 0.3) is 0 Å². The van der Waals surface area contributed by atoms with Gasteiger partial charge in [0, 0.05) is 32.1 Å². The third-order valence-corrected chi connectivity index (χ3v) is 3.07. The maximum Gasteiger partial charge on any atom is 0.203 e. The molecule has 0 aliphatic heterocycles. The highest BCUT2D eigenvalue weighted by molar-refractivity contribution is 5.33. The predicted octanol–water partition coefficient (Wildman–Crippen LogP) is 3.05. The van der Waals surface area contributed by atoms with Crippen molar-refractivity contribution in [3.8, 4) is 0 Å². The zero-order valence-corrected chi connectivity index (χ0v) is 11.6. The lowest BCUT2D eigenvalue weighted by molar-refractivity contribution is 0.133. The van der Waals surface area contributed by atoms with E-state index in [1.54, 1.807) is 0 Å². The Morgan fingerprint density at radius 2 is 2.00 bits per heavy atom. The van der Waals surface area contributed by atoms with Gasteiger partial charge in [0.15, 0.2) is 0 Å². The second-order valence-electron chi connectivity index (χ2n) is 4.30. The average Bonchev–Trinajstić information content (AvgIpc) is 2.91. The van der Waals surface area contributed by atoms with Gasteiger partial charge in [-0.05, 0) is 25.0 Å². The van der Waals surface area contributed by atoms with Crippen LogP contribution in [0.15, 0.2) is 36.7 Å². The molecule has 2 aromatic rings. The Morgan fingerprint density at radius 3 is 2.74 bits per heavy atom. The van der Waals surface area contributed by atoms with Crippen LogP contribution in [0.5, 0.6) is 0 Å². The molecule has 4 nitrogen and oxygen atoms in total. The summed E-state index contributed by atoms with van der Waals surface area (Å²) in [5.41, 5.74) is 2.48. The van der Waals surface area contributed by atoms with E-state index < -0.39 is 0 Å². The van der Waals surface area contributed by atoms with Crippen molar-refractivity contribution in [2.45, 2.75) is 33.5 Å². The third-order valence-electron chi connectivity index (χ3n) is 3.07. The second kappa shape index (κ2) is 6.95. The van der Waals surface area contributed by atoms with E-state index in [-0.39, 0.29) is 0 Å². The fourth-order valence-corrected chi connectivity index (χ4v) is 1.99. The largest absolute Gasteiger partial charge is 0.377 e. The van der Waals surface area contributed by atoms with Crippen LogP contribution < -0.4 is 5.32 Å². The molecule has 0 amide bonds. The summed E-state index contributed by atoms with van der Waals surface area (Å²) in [5.74, 6) is 0.911. The van der Waals surface area contributed by atoms with Gasteiger partial charge >= 0.3 is 0 Å². The van der Waals surface area contributed by atoms with E-state index in [1.807, 2.05) is 25.4 Å². The van der Waals surface area contributed by atoms with Crippen molar-refractivity contribution >= 4 is 5.95 Å². The standard InChI is InChI=1S/C15H21N3O/c1-3-18-10-9-16-15(18)17-11-13-7-5-6-8-14(13)12-19-4-2/h5-10H,3-4,11-12H2,1-2H3,(H,16,17). The van der Waals surface area contributed by atoms with E-state index in [0.717, 1.165) is 25.6 Å².